The molecule has 0 saturated carbocycles. The van der Waals surface area contributed by atoms with Gasteiger partial charge < -0.3 is 4.74 Å². The molecule has 158 valence electrons. The summed E-state index contributed by atoms with van der Waals surface area (Å²) < 4.78 is 70.3. The average molecular weight is 437 g/mol. The zero-order valence-electron chi connectivity index (χ0n) is 16.3. The first-order valence-corrected chi connectivity index (χ1v) is 10.2. The van der Waals surface area contributed by atoms with Crippen molar-refractivity contribution in [2.75, 3.05) is 11.4 Å². The van der Waals surface area contributed by atoms with Crippen LogP contribution in [-0.4, -0.2) is 25.4 Å². The van der Waals surface area contributed by atoms with Crippen LogP contribution in [0.3, 0.4) is 0 Å². The number of nitrogens with zero attached hydrogens (tertiary/aromatic N) is 3. The van der Waals surface area contributed by atoms with Gasteiger partial charge in [-0.3, -0.25) is 4.31 Å². The third-order valence-electron chi connectivity index (χ3n) is 4.47. The molecule has 1 aromatic heterocycles. The zero-order chi connectivity index (χ0) is 22.1. The SMILES string of the molecule is Cc1ccc(S(=O)(=O)N(C)c2ccc(Oc3nccc(C(F)(F)F)n3)cc2)cc1C. The van der Waals surface area contributed by atoms with Gasteiger partial charge in [-0.1, -0.05) is 6.07 Å². The topological polar surface area (TPSA) is 72.4 Å². The number of ether oxygens (including phenoxy) is 1. The van der Waals surface area contributed by atoms with E-state index in [-0.39, 0.29) is 10.6 Å². The monoisotopic (exact) mass is 437 g/mol. The molecule has 0 atom stereocenters. The number of alkyl halides is 3. The van der Waals surface area contributed by atoms with E-state index >= 15 is 0 Å². The molecule has 0 saturated heterocycles. The summed E-state index contributed by atoms with van der Waals surface area (Å²) >= 11 is 0. The second-order valence-corrected chi connectivity index (χ2v) is 8.51. The van der Waals surface area contributed by atoms with Crippen LogP contribution in [0.2, 0.25) is 0 Å². The van der Waals surface area contributed by atoms with Gasteiger partial charge in [0, 0.05) is 13.2 Å². The van der Waals surface area contributed by atoms with Crippen LogP contribution in [0.15, 0.2) is 59.6 Å². The lowest BCUT2D eigenvalue weighted by Crippen LogP contribution is -2.26. The third kappa shape index (κ3) is 4.54. The standard InChI is InChI=1S/C20H18F3N3O3S/c1-13-4-9-17(12-14(13)2)30(27,28)26(3)15-5-7-16(8-6-15)29-19-24-11-10-18(25-19)20(21,22)23/h4-12H,1-3H3. The molecule has 0 bridgehead atoms. The molecule has 0 spiro atoms. The number of anilines is 1. The smallest absolute Gasteiger partial charge is 0.424 e. The Morgan fingerprint density at radius 2 is 1.63 bits per heavy atom. The van der Waals surface area contributed by atoms with Gasteiger partial charge in [-0.2, -0.15) is 18.2 Å². The van der Waals surface area contributed by atoms with Crippen molar-refractivity contribution >= 4 is 15.7 Å². The molecule has 3 aromatic rings. The molecule has 0 amide bonds. The number of halogens is 3. The van der Waals surface area contributed by atoms with E-state index in [4.69, 9.17) is 4.74 Å². The Morgan fingerprint density at radius 3 is 2.23 bits per heavy atom. The molecule has 6 nitrogen and oxygen atoms in total. The van der Waals surface area contributed by atoms with Gasteiger partial charge in [-0.15, -0.1) is 0 Å². The lowest BCUT2D eigenvalue weighted by molar-refractivity contribution is -0.141. The molecule has 0 radical (unpaired) electrons. The lowest BCUT2D eigenvalue weighted by Gasteiger charge is -2.20. The Kier molecular flexibility index (Phi) is 5.71. The van der Waals surface area contributed by atoms with E-state index in [1.165, 1.54) is 37.4 Å². The number of rotatable bonds is 5. The highest BCUT2D eigenvalue weighted by Crippen LogP contribution is 2.30. The summed E-state index contributed by atoms with van der Waals surface area (Å²) in [5.74, 6) is 0.162. The zero-order valence-corrected chi connectivity index (χ0v) is 17.1. The fourth-order valence-corrected chi connectivity index (χ4v) is 3.83. The van der Waals surface area contributed by atoms with E-state index in [1.807, 2.05) is 13.8 Å². The van der Waals surface area contributed by atoms with E-state index in [0.29, 0.717) is 5.69 Å². The molecular formula is C20H18F3N3O3S. The molecule has 2 aromatic carbocycles. The van der Waals surface area contributed by atoms with E-state index in [0.717, 1.165) is 27.7 Å². The number of sulfonamides is 1. The number of benzene rings is 2. The maximum atomic E-state index is 12.9. The van der Waals surface area contributed by atoms with Gasteiger partial charge in [0.05, 0.1) is 10.6 Å². The number of hydrogen-bond acceptors (Lipinski definition) is 5. The van der Waals surface area contributed by atoms with Gasteiger partial charge in [0.15, 0.2) is 5.69 Å². The summed E-state index contributed by atoms with van der Waals surface area (Å²) in [7, 11) is -2.37. The first-order chi connectivity index (χ1) is 14.0. The molecule has 0 fully saturated rings. The highest BCUT2D eigenvalue weighted by molar-refractivity contribution is 7.92. The van der Waals surface area contributed by atoms with Gasteiger partial charge >= 0.3 is 12.2 Å². The maximum Gasteiger partial charge on any atom is 0.433 e. The molecule has 10 heteroatoms. The van der Waals surface area contributed by atoms with Gasteiger partial charge in [-0.25, -0.2) is 13.4 Å². The summed E-state index contributed by atoms with van der Waals surface area (Å²) in [6, 6.07) is 10.9. The predicted octanol–water partition coefficient (Wildman–Crippen LogP) is 4.73. The summed E-state index contributed by atoms with van der Waals surface area (Å²) in [5, 5.41) is 0. The predicted molar refractivity (Wildman–Crippen MR) is 105 cm³/mol. The van der Waals surface area contributed by atoms with E-state index < -0.39 is 27.9 Å². The summed E-state index contributed by atoms with van der Waals surface area (Å²) in [6.07, 6.45) is -3.67. The normalized spacial score (nSPS) is 11.9. The molecule has 0 N–H and O–H groups in total. The Morgan fingerprint density at radius 1 is 0.967 bits per heavy atom. The van der Waals surface area contributed by atoms with Gasteiger partial charge in [-0.05, 0) is 67.4 Å². The second-order valence-electron chi connectivity index (χ2n) is 6.54. The van der Waals surface area contributed by atoms with Crippen molar-refractivity contribution in [3.8, 4) is 11.8 Å². The molecule has 1 heterocycles. The summed E-state index contributed by atoms with van der Waals surface area (Å²) in [6.45, 7) is 3.72. The van der Waals surface area contributed by atoms with Crippen molar-refractivity contribution in [2.24, 2.45) is 0 Å². The van der Waals surface area contributed by atoms with Crippen molar-refractivity contribution in [2.45, 2.75) is 24.9 Å². The quantitative estimate of drug-likeness (QED) is 0.577. The van der Waals surface area contributed by atoms with Crippen LogP contribution in [0.4, 0.5) is 18.9 Å². The van der Waals surface area contributed by atoms with E-state index in [1.54, 1.807) is 12.1 Å². The van der Waals surface area contributed by atoms with Gasteiger partial charge in [0.2, 0.25) is 0 Å². The van der Waals surface area contributed by atoms with Crippen LogP contribution in [0.1, 0.15) is 16.8 Å². The van der Waals surface area contributed by atoms with Gasteiger partial charge in [0.1, 0.15) is 5.75 Å². The lowest BCUT2D eigenvalue weighted by atomic mass is 10.1. The largest absolute Gasteiger partial charge is 0.433 e. The molecular weight excluding hydrogens is 419 g/mol. The minimum Gasteiger partial charge on any atom is -0.424 e. The molecule has 0 aliphatic heterocycles. The second kappa shape index (κ2) is 7.94. The first-order valence-electron chi connectivity index (χ1n) is 8.73. The van der Waals surface area contributed by atoms with E-state index in [2.05, 4.69) is 9.97 Å². The average Bonchev–Trinajstić information content (AvgIpc) is 2.69. The van der Waals surface area contributed by atoms with Crippen molar-refractivity contribution in [3.63, 3.8) is 0 Å². The molecule has 0 aliphatic carbocycles. The van der Waals surface area contributed by atoms with E-state index in [9.17, 15) is 21.6 Å². The maximum absolute atomic E-state index is 12.9. The number of aromatic nitrogens is 2. The number of hydrogen-bond donors (Lipinski definition) is 0. The van der Waals surface area contributed by atoms with Crippen LogP contribution >= 0.6 is 0 Å². The van der Waals surface area contributed by atoms with Crippen LogP contribution in [0.25, 0.3) is 0 Å². The fraction of sp³-hybridized carbons (Fsp3) is 0.200. The Bertz CT molecular complexity index is 1160. The fourth-order valence-electron chi connectivity index (χ4n) is 2.55. The Hall–Kier alpha value is -3.14. The number of aryl methyl sites for hydroxylation is 2. The first kappa shape index (κ1) is 21.6. The van der Waals surface area contributed by atoms with Crippen molar-refractivity contribution in [1.29, 1.82) is 0 Å². The van der Waals surface area contributed by atoms with Crippen LogP contribution in [-0.2, 0) is 16.2 Å². The minimum absolute atomic E-state index is 0.158. The summed E-state index contributed by atoms with van der Waals surface area (Å²) in [5.41, 5.74) is 1.07. The minimum atomic E-state index is -4.61. The van der Waals surface area contributed by atoms with Crippen LogP contribution < -0.4 is 9.04 Å². The highest BCUT2D eigenvalue weighted by Gasteiger charge is 2.33. The Labute approximate surface area is 172 Å². The highest BCUT2D eigenvalue weighted by atomic mass is 32.2. The van der Waals surface area contributed by atoms with Crippen molar-refractivity contribution in [1.82, 2.24) is 9.97 Å². The molecule has 0 aliphatic rings. The molecule has 0 unspecified atom stereocenters. The van der Waals surface area contributed by atoms with Gasteiger partial charge in [0.25, 0.3) is 10.0 Å². The Balaban J connectivity index is 1.80. The van der Waals surface area contributed by atoms with Crippen molar-refractivity contribution in [3.05, 3.63) is 71.5 Å². The van der Waals surface area contributed by atoms with Crippen molar-refractivity contribution < 1.29 is 26.3 Å². The van der Waals surface area contributed by atoms with Crippen LogP contribution in [0.5, 0.6) is 11.8 Å². The van der Waals surface area contributed by atoms with Crippen LogP contribution in [0, 0.1) is 13.8 Å². The molecule has 30 heavy (non-hydrogen) atoms. The third-order valence-corrected chi connectivity index (χ3v) is 6.25. The summed E-state index contributed by atoms with van der Waals surface area (Å²) in [4.78, 5) is 7.14. The molecule has 3 rings (SSSR count).